The topological polar surface area (TPSA) is 79.9 Å². The van der Waals surface area contributed by atoms with E-state index in [0.717, 1.165) is 23.6 Å². The van der Waals surface area contributed by atoms with E-state index in [0.29, 0.717) is 42.4 Å². The van der Waals surface area contributed by atoms with E-state index in [-0.39, 0.29) is 12.4 Å². The molecule has 0 atom stereocenters. The van der Waals surface area contributed by atoms with E-state index in [1.54, 1.807) is 30.5 Å². The molecular weight excluding hydrogens is 386 g/mol. The van der Waals surface area contributed by atoms with Gasteiger partial charge in [0.25, 0.3) is 0 Å². The molecule has 7 nitrogen and oxygen atoms in total. The van der Waals surface area contributed by atoms with Crippen LogP contribution in [0.25, 0.3) is 0 Å². The number of benzene rings is 1. The lowest BCUT2D eigenvalue weighted by atomic mass is 10.1. The van der Waals surface area contributed by atoms with E-state index in [4.69, 9.17) is 18.6 Å². The summed E-state index contributed by atoms with van der Waals surface area (Å²) in [4.78, 5) is 25.1. The van der Waals surface area contributed by atoms with Crippen LogP contribution < -0.4 is 9.47 Å². The highest BCUT2D eigenvalue weighted by atomic mass is 16.5. The molecule has 0 aliphatic carbocycles. The van der Waals surface area contributed by atoms with E-state index in [2.05, 4.69) is 0 Å². The van der Waals surface area contributed by atoms with Crippen LogP contribution in [0.3, 0.4) is 0 Å². The number of hydrogen-bond donors (Lipinski definition) is 0. The van der Waals surface area contributed by atoms with E-state index in [9.17, 15) is 9.59 Å². The van der Waals surface area contributed by atoms with Crippen molar-refractivity contribution < 1.29 is 28.2 Å². The number of rotatable bonds is 6. The summed E-state index contributed by atoms with van der Waals surface area (Å²) < 4.78 is 23.9. The maximum Gasteiger partial charge on any atom is 0.340 e. The van der Waals surface area contributed by atoms with Crippen molar-refractivity contribution in [2.45, 2.75) is 26.8 Å². The number of esters is 1. The number of aromatic nitrogens is 1. The van der Waals surface area contributed by atoms with Gasteiger partial charge in [0.05, 0.1) is 31.6 Å². The number of Topliss-reactive ketones (excluding diaryl/α,β-unsaturated/α-hetero) is 1. The summed E-state index contributed by atoms with van der Waals surface area (Å²) in [6.45, 7) is 5.05. The van der Waals surface area contributed by atoms with Crippen LogP contribution in [-0.4, -0.2) is 36.1 Å². The number of carbonyl (C=O) groups is 2. The largest absolute Gasteiger partial charge is 0.490 e. The Bertz CT molecular complexity index is 1060. The van der Waals surface area contributed by atoms with Crippen molar-refractivity contribution in [1.29, 1.82) is 0 Å². The van der Waals surface area contributed by atoms with Crippen LogP contribution in [0.1, 0.15) is 44.3 Å². The molecule has 0 fully saturated rings. The van der Waals surface area contributed by atoms with Gasteiger partial charge in [-0.3, -0.25) is 4.79 Å². The first-order valence-electron chi connectivity index (χ1n) is 9.82. The number of nitrogens with zero attached hydrogens (tertiary/aromatic N) is 1. The van der Waals surface area contributed by atoms with E-state index < -0.39 is 5.97 Å². The highest BCUT2D eigenvalue weighted by molar-refractivity contribution is 6.00. The predicted octanol–water partition coefficient (Wildman–Crippen LogP) is 3.95. The van der Waals surface area contributed by atoms with E-state index in [1.807, 2.05) is 30.5 Å². The summed E-state index contributed by atoms with van der Waals surface area (Å²) >= 11 is 0. The van der Waals surface area contributed by atoms with E-state index in [1.165, 1.54) is 0 Å². The van der Waals surface area contributed by atoms with Crippen LogP contribution in [0.2, 0.25) is 0 Å². The quantitative estimate of drug-likeness (QED) is 0.453. The van der Waals surface area contributed by atoms with Gasteiger partial charge in [-0.15, -0.1) is 0 Å². The molecule has 0 bridgehead atoms. The first-order chi connectivity index (χ1) is 14.5. The minimum absolute atomic E-state index is 0.302. The Labute approximate surface area is 174 Å². The summed E-state index contributed by atoms with van der Waals surface area (Å²) in [6, 6.07) is 10.5. The molecule has 0 saturated carbocycles. The third-order valence-corrected chi connectivity index (χ3v) is 5.09. The fraction of sp³-hybridized carbons (Fsp3) is 0.304. The number of carbonyl (C=O) groups excluding carboxylic acids is 2. The van der Waals surface area contributed by atoms with Gasteiger partial charge in [-0.2, -0.15) is 0 Å². The van der Waals surface area contributed by atoms with Crippen molar-refractivity contribution in [1.82, 2.24) is 4.57 Å². The first kappa shape index (κ1) is 19.8. The zero-order valence-electron chi connectivity index (χ0n) is 17.0. The number of ether oxygens (including phenoxy) is 3. The summed E-state index contributed by atoms with van der Waals surface area (Å²) in [5, 5.41) is 0. The lowest BCUT2D eigenvalue weighted by Gasteiger charge is -2.10. The molecule has 30 heavy (non-hydrogen) atoms. The molecule has 3 heterocycles. The Morgan fingerprint density at radius 2 is 1.87 bits per heavy atom. The van der Waals surface area contributed by atoms with E-state index >= 15 is 0 Å². The van der Waals surface area contributed by atoms with Crippen molar-refractivity contribution >= 4 is 11.8 Å². The first-order valence-corrected chi connectivity index (χ1v) is 9.82. The summed E-state index contributed by atoms with van der Waals surface area (Å²) in [6.07, 6.45) is 2.40. The summed E-state index contributed by atoms with van der Waals surface area (Å²) in [5.41, 5.74) is 2.52. The van der Waals surface area contributed by atoms with Crippen LogP contribution in [0.4, 0.5) is 0 Å². The fourth-order valence-corrected chi connectivity index (χ4v) is 3.44. The van der Waals surface area contributed by atoms with Crippen LogP contribution in [0.5, 0.6) is 11.5 Å². The molecular formula is C23H23NO6. The molecule has 1 aliphatic rings. The highest BCUT2D eigenvalue weighted by Gasteiger charge is 2.20. The normalized spacial score (nSPS) is 13.0. The maximum atomic E-state index is 12.6. The zero-order chi connectivity index (χ0) is 21.1. The minimum atomic E-state index is -0.531. The monoisotopic (exact) mass is 409 g/mol. The molecule has 0 unspecified atom stereocenters. The Kier molecular flexibility index (Phi) is 5.61. The molecule has 0 spiro atoms. The minimum Gasteiger partial charge on any atom is -0.490 e. The lowest BCUT2D eigenvalue weighted by molar-refractivity contribution is 0.0474. The van der Waals surface area contributed by atoms with Crippen molar-refractivity contribution in [2.24, 2.45) is 0 Å². The second-order valence-electron chi connectivity index (χ2n) is 7.16. The highest BCUT2D eigenvalue weighted by Crippen LogP contribution is 2.30. The van der Waals surface area contributed by atoms with Crippen molar-refractivity contribution in [3.63, 3.8) is 0 Å². The third-order valence-electron chi connectivity index (χ3n) is 5.09. The molecule has 0 amide bonds. The van der Waals surface area contributed by atoms with Crippen LogP contribution in [0.15, 0.2) is 47.1 Å². The van der Waals surface area contributed by atoms with Gasteiger partial charge >= 0.3 is 5.97 Å². The lowest BCUT2D eigenvalue weighted by Crippen LogP contribution is -2.15. The number of fused-ring (bicyclic) bond motifs is 1. The zero-order valence-corrected chi connectivity index (χ0v) is 17.0. The molecule has 156 valence electrons. The van der Waals surface area contributed by atoms with Gasteiger partial charge in [0, 0.05) is 23.4 Å². The second kappa shape index (κ2) is 8.49. The molecule has 4 rings (SSSR count). The van der Waals surface area contributed by atoms with Gasteiger partial charge in [-0.05, 0) is 50.2 Å². The average Bonchev–Trinajstić information content (AvgIpc) is 3.27. The van der Waals surface area contributed by atoms with Gasteiger partial charge in [0.1, 0.15) is 5.76 Å². The van der Waals surface area contributed by atoms with Crippen LogP contribution >= 0.6 is 0 Å². The van der Waals surface area contributed by atoms with Gasteiger partial charge < -0.3 is 23.2 Å². The van der Waals surface area contributed by atoms with Gasteiger partial charge in [0.15, 0.2) is 23.9 Å². The van der Waals surface area contributed by atoms with Gasteiger partial charge in [0.2, 0.25) is 0 Å². The van der Waals surface area contributed by atoms with Gasteiger partial charge in [-0.25, -0.2) is 4.79 Å². The van der Waals surface area contributed by atoms with Crippen molar-refractivity contribution in [3.8, 4) is 11.5 Å². The van der Waals surface area contributed by atoms with Crippen molar-refractivity contribution in [3.05, 3.63) is 70.9 Å². The van der Waals surface area contributed by atoms with Crippen LogP contribution in [-0.2, 0) is 11.3 Å². The SMILES string of the molecule is Cc1cc(C(=O)OCC(=O)c2ccc3c(c2)OCCCO3)c(C)n1Cc1ccco1. The fourth-order valence-electron chi connectivity index (χ4n) is 3.44. The molecule has 3 aromatic rings. The Hall–Kier alpha value is -3.48. The second-order valence-corrected chi connectivity index (χ2v) is 7.16. The Morgan fingerprint density at radius 1 is 1.07 bits per heavy atom. The molecule has 0 radical (unpaired) electrons. The molecule has 0 N–H and O–H groups in total. The Balaban J connectivity index is 1.42. The molecule has 1 aliphatic heterocycles. The number of ketones is 1. The third kappa shape index (κ3) is 4.10. The molecule has 0 saturated heterocycles. The molecule has 7 heteroatoms. The summed E-state index contributed by atoms with van der Waals surface area (Å²) in [5.74, 6) is 1.11. The smallest absolute Gasteiger partial charge is 0.340 e. The molecule has 2 aromatic heterocycles. The average molecular weight is 409 g/mol. The predicted molar refractivity (Wildman–Crippen MR) is 108 cm³/mol. The van der Waals surface area contributed by atoms with Crippen LogP contribution in [0, 0.1) is 13.8 Å². The van der Waals surface area contributed by atoms with Gasteiger partial charge in [-0.1, -0.05) is 0 Å². The van der Waals surface area contributed by atoms with Crippen molar-refractivity contribution in [2.75, 3.05) is 19.8 Å². The molecule has 1 aromatic carbocycles. The standard InChI is InChI=1S/C23H23NO6/c1-15-11-19(16(2)24(15)13-18-5-3-8-27-18)23(26)30-14-20(25)17-6-7-21-22(12-17)29-10-4-9-28-21/h3,5-8,11-12H,4,9-10,13-14H2,1-2H3. The summed E-state index contributed by atoms with van der Waals surface area (Å²) in [7, 11) is 0. The Morgan fingerprint density at radius 3 is 2.63 bits per heavy atom. The number of hydrogen-bond acceptors (Lipinski definition) is 6. The maximum absolute atomic E-state index is 12.6. The number of furan rings is 1. The number of aryl methyl sites for hydroxylation is 1.